The van der Waals surface area contributed by atoms with E-state index >= 15 is 0 Å². The predicted octanol–water partition coefficient (Wildman–Crippen LogP) is 4.08. The van der Waals surface area contributed by atoms with Crippen molar-refractivity contribution in [2.45, 2.75) is 18.8 Å². The fraction of sp³-hybridized carbons (Fsp3) is 0.333. The number of carbonyl (C=O) groups is 1. The van der Waals surface area contributed by atoms with Gasteiger partial charge >= 0.3 is 0 Å². The highest BCUT2D eigenvalue weighted by Gasteiger charge is 2.26. The molecule has 0 aliphatic carbocycles. The number of likely N-dealkylation sites (tertiary alicyclic amines) is 1. The molecule has 166 valence electrons. The van der Waals surface area contributed by atoms with Gasteiger partial charge in [-0.3, -0.25) is 19.6 Å². The van der Waals surface area contributed by atoms with Gasteiger partial charge in [-0.1, -0.05) is 24.3 Å². The van der Waals surface area contributed by atoms with Gasteiger partial charge in [0.1, 0.15) is 5.69 Å². The summed E-state index contributed by atoms with van der Waals surface area (Å²) in [6.45, 7) is 1.27. The first-order valence-electron chi connectivity index (χ1n) is 10.7. The quantitative estimate of drug-likeness (QED) is 0.447. The first kappa shape index (κ1) is 21.5. The molecule has 1 saturated heterocycles. The van der Waals surface area contributed by atoms with E-state index in [-0.39, 0.29) is 11.6 Å². The molecule has 0 atom stereocenters. The maximum absolute atomic E-state index is 13.0. The van der Waals surface area contributed by atoms with Gasteiger partial charge < -0.3 is 9.80 Å². The van der Waals surface area contributed by atoms with Crippen molar-refractivity contribution in [2.24, 2.45) is 7.05 Å². The van der Waals surface area contributed by atoms with E-state index in [4.69, 9.17) is 0 Å². The summed E-state index contributed by atoms with van der Waals surface area (Å²) in [6, 6.07) is 13.3. The van der Waals surface area contributed by atoms with Gasteiger partial charge in [-0.2, -0.15) is 5.10 Å². The SMILES string of the molecule is CN(C)c1ccc(C(=O)N2CCC(c3ccc(-c4cnn(C)c4)cc3)CC2)cc1[N+](=O)[O-]. The zero-order chi connectivity index (χ0) is 22.8. The number of piperidine rings is 1. The van der Waals surface area contributed by atoms with Crippen LogP contribution in [0.1, 0.15) is 34.7 Å². The Morgan fingerprint density at radius 1 is 1.09 bits per heavy atom. The lowest BCUT2D eigenvalue weighted by Crippen LogP contribution is -2.38. The highest BCUT2D eigenvalue weighted by molar-refractivity contribution is 5.96. The number of nitro benzene ring substituents is 1. The van der Waals surface area contributed by atoms with E-state index < -0.39 is 4.92 Å². The molecule has 1 aliphatic heterocycles. The van der Waals surface area contributed by atoms with E-state index in [1.54, 1.807) is 40.7 Å². The van der Waals surface area contributed by atoms with Crippen molar-refractivity contribution in [1.82, 2.24) is 14.7 Å². The second kappa shape index (κ2) is 8.82. The fourth-order valence-corrected chi connectivity index (χ4v) is 4.30. The number of aromatic nitrogens is 2. The van der Waals surface area contributed by atoms with Gasteiger partial charge in [-0.25, -0.2) is 0 Å². The topological polar surface area (TPSA) is 84.5 Å². The summed E-state index contributed by atoms with van der Waals surface area (Å²) in [4.78, 5) is 27.5. The molecule has 1 aliphatic rings. The average Bonchev–Trinajstić information content (AvgIpc) is 3.24. The van der Waals surface area contributed by atoms with Gasteiger partial charge in [-0.05, 0) is 42.0 Å². The Kier molecular flexibility index (Phi) is 5.94. The van der Waals surface area contributed by atoms with Crippen molar-refractivity contribution in [3.63, 3.8) is 0 Å². The third-order valence-electron chi connectivity index (χ3n) is 6.10. The van der Waals surface area contributed by atoms with Gasteiger partial charge in [0.2, 0.25) is 0 Å². The molecule has 0 spiro atoms. The van der Waals surface area contributed by atoms with Crippen molar-refractivity contribution in [3.8, 4) is 11.1 Å². The minimum atomic E-state index is -0.437. The minimum absolute atomic E-state index is 0.0514. The van der Waals surface area contributed by atoms with E-state index in [0.29, 0.717) is 30.3 Å². The van der Waals surface area contributed by atoms with Crippen molar-refractivity contribution < 1.29 is 9.72 Å². The molecule has 1 amide bonds. The summed E-state index contributed by atoms with van der Waals surface area (Å²) in [5.74, 6) is 0.247. The molecule has 4 rings (SSSR count). The molecule has 3 aromatic rings. The number of nitrogens with zero attached hydrogens (tertiary/aromatic N) is 5. The van der Waals surface area contributed by atoms with Gasteiger partial charge in [0.15, 0.2) is 0 Å². The molecule has 0 bridgehead atoms. The third-order valence-corrected chi connectivity index (χ3v) is 6.10. The van der Waals surface area contributed by atoms with Crippen molar-refractivity contribution in [3.05, 3.63) is 76.1 Å². The lowest BCUT2D eigenvalue weighted by atomic mass is 9.88. The first-order valence-corrected chi connectivity index (χ1v) is 10.7. The van der Waals surface area contributed by atoms with E-state index in [9.17, 15) is 14.9 Å². The van der Waals surface area contributed by atoms with Crippen LogP contribution in [0.15, 0.2) is 54.9 Å². The molecule has 0 unspecified atom stereocenters. The highest BCUT2D eigenvalue weighted by Crippen LogP contribution is 2.32. The van der Waals surface area contributed by atoms with Crippen molar-refractivity contribution in [2.75, 3.05) is 32.1 Å². The van der Waals surface area contributed by atoms with Gasteiger partial charge in [0.05, 0.1) is 11.1 Å². The highest BCUT2D eigenvalue weighted by atomic mass is 16.6. The van der Waals surface area contributed by atoms with Gasteiger partial charge in [0, 0.05) is 57.6 Å². The Morgan fingerprint density at radius 2 is 1.78 bits per heavy atom. The van der Waals surface area contributed by atoms with Crippen LogP contribution >= 0.6 is 0 Å². The third kappa shape index (κ3) is 4.34. The number of hydrogen-bond donors (Lipinski definition) is 0. The number of hydrogen-bond acceptors (Lipinski definition) is 5. The Labute approximate surface area is 187 Å². The fourth-order valence-electron chi connectivity index (χ4n) is 4.30. The van der Waals surface area contributed by atoms with Crippen LogP contribution in [0.3, 0.4) is 0 Å². The molecule has 32 heavy (non-hydrogen) atoms. The smallest absolute Gasteiger partial charge is 0.293 e. The molecule has 2 aromatic carbocycles. The predicted molar refractivity (Wildman–Crippen MR) is 124 cm³/mol. The summed E-state index contributed by atoms with van der Waals surface area (Å²) in [5.41, 5.74) is 4.30. The number of amides is 1. The Bertz CT molecular complexity index is 1130. The second-order valence-corrected chi connectivity index (χ2v) is 8.45. The first-order chi connectivity index (χ1) is 15.3. The molecule has 0 N–H and O–H groups in total. The number of anilines is 1. The van der Waals surface area contributed by atoms with Gasteiger partial charge in [0.25, 0.3) is 11.6 Å². The number of benzene rings is 2. The summed E-state index contributed by atoms with van der Waals surface area (Å²) in [7, 11) is 5.40. The largest absolute Gasteiger partial charge is 0.372 e. The second-order valence-electron chi connectivity index (χ2n) is 8.45. The Balaban J connectivity index is 1.42. The van der Waals surface area contributed by atoms with Crippen LogP contribution in [0.2, 0.25) is 0 Å². The van der Waals surface area contributed by atoms with Gasteiger partial charge in [-0.15, -0.1) is 0 Å². The molecule has 1 aromatic heterocycles. The number of rotatable bonds is 5. The molecule has 8 nitrogen and oxygen atoms in total. The minimum Gasteiger partial charge on any atom is -0.372 e. The van der Waals surface area contributed by atoms with Crippen molar-refractivity contribution >= 4 is 17.3 Å². The van der Waals surface area contributed by atoms with Crippen LogP contribution < -0.4 is 4.90 Å². The maximum Gasteiger partial charge on any atom is 0.293 e. The molecule has 0 radical (unpaired) electrons. The zero-order valence-corrected chi connectivity index (χ0v) is 18.6. The monoisotopic (exact) mass is 433 g/mol. The number of aryl methyl sites for hydroxylation is 1. The standard InChI is InChI=1S/C24H27N5O3/c1-26(2)22-9-8-20(14-23(22)29(31)32)24(30)28-12-10-19(11-13-28)17-4-6-18(7-5-17)21-15-25-27(3)16-21/h4-9,14-16,19H,10-13H2,1-3H3. The van der Waals surface area contributed by atoms with Crippen LogP contribution in [-0.2, 0) is 7.05 Å². The summed E-state index contributed by atoms with van der Waals surface area (Å²) >= 11 is 0. The number of carbonyl (C=O) groups excluding carboxylic acids is 1. The normalized spacial score (nSPS) is 14.4. The molecule has 8 heteroatoms. The van der Waals surface area contributed by atoms with Crippen LogP contribution in [0.4, 0.5) is 11.4 Å². The van der Waals surface area contributed by atoms with Crippen LogP contribution in [0.25, 0.3) is 11.1 Å². The lowest BCUT2D eigenvalue weighted by molar-refractivity contribution is -0.384. The molecule has 1 fully saturated rings. The lowest BCUT2D eigenvalue weighted by Gasteiger charge is -2.32. The maximum atomic E-state index is 13.0. The van der Waals surface area contributed by atoms with Crippen LogP contribution in [0.5, 0.6) is 0 Å². The van der Waals surface area contributed by atoms with E-state index in [0.717, 1.165) is 24.0 Å². The Morgan fingerprint density at radius 3 is 2.34 bits per heavy atom. The van der Waals surface area contributed by atoms with E-state index in [2.05, 4.69) is 29.4 Å². The molecule has 2 heterocycles. The summed E-state index contributed by atoms with van der Waals surface area (Å²) in [6.07, 6.45) is 5.59. The zero-order valence-electron chi connectivity index (χ0n) is 18.6. The molecular formula is C24H27N5O3. The van der Waals surface area contributed by atoms with Crippen LogP contribution in [-0.4, -0.2) is 52.7 Å². The Hall–Kier alpha value is -3.68. The van der Waals surface area contributed by atoms with Crippen LogP contribution in [0, 0.1) is 10.1 Å². The molecular weight excluding hydrogens is 406 g/mol. The summed E-state index contributed by atoms with van der Waals surface area (Å²) < 4.78 is 1.79. The van der Waals surface area contributed by atoms with E-state index in [1.165, 1.54) is 11.6 Å². The summed E-state index contributed by atoms with van der Waals surface area (Å²) in [5, 5.41) is 15.7. The average molecular weight is 434 g/mol. The molecule has 0 saturated carbocycles. The van der Waals surface area contributed by atoms with E-state index in [1.807, 2.05) is 19.4 Å². The number of nitro groups is 1. The van der Waals surface area contributed by atoms with Crippen molar-refractivity contribution in [1.29, 1.82) is 0 Å².